The molecule has 0 unspecified atom stereocenters. The van der Waals surface area contributed by atoms with Gasteiger partial charge in [-0.2, -0.15) is 0 Å². The third-order valence-electron chi connectivity index (χ3n) is 3.46. The zero-order chi connectivity index (χ0) is 15.5. The van der Waals surface area contributed by atoms with Crippen molar-refractivity contribution in [3.63, 3.8) is 0 Å². The minimum absolute atomic E-state index is 0. The van der Waals surface area contributed by atoms with E-state index in [1.54, 1.807) is 0 Å². The summed E-state index contributed by atoms with van der Waals surface area (Å²) in [5, 5.41) is 12.2. The first-order chi connectivity index (χ1) is 10.6. The Balaban J connectivity index is 0.00000192. The first-order valence-electron chi connectivity index (χ1n) is 6.77. The lowest BCUT2D eigenvalue weighted by molar-refractivity contribution is -0.400. The van der Waals surface area contributed by atoms with Gasteiger partial charge in [0.1, 0.15) is 0 Å². The molecular formula is C17H14Cl2N2O2. The minimum Gasteiger partial charge on any atom is -0.342 e. The fourth-order valence-electron chi connectivity index (χ4n) is 2.47. The molecule has 0 saturated carbocycles. The summed E-state index contributed by atoms with van der Waals surface area (Å²) < 4.78 is 2.08. The van der Waals surface area contributed by atoms with Crippen LogP contribution in [0.3, 0.4) is 0 Å². The maximum absolute atomic E-state index is 10.5. The zero-order valence-electron chi connectivity index (χ0n) is 12.1. The fourth-order valence-corrected chi connectivity index (χ4v) is 2.59. The Kier molecular flexibility index (Phi) is 5.42. The molecule has 23 heavy (non-hydrogen) atoms. The van der Waals surface area contributed by atoms with Gasteiger partial charge in [0.05, 0.1) is 4.92 Å². The molecule has 4 nitrogen and oxygen atoms in total. The van der Waals surface area contributed by atoms with E-state index in [4.69, 9.17) is 11.6 Å². The number of aromatic nitrogens is 1. The van der Waals surface area contributed by atoms with E-state index in [1.165, 1.54) is 6.08 Å². The number of para-hydroxylation sites is 1. The fraction of sp³-hybridized carbons (Fsp3) is 0.0588. The molecule has 3 aromatic rings. The van der Waals surface area contributed by atoms with Crippen LogP contribution in [0.4, 0.5) is 0 Å². The van der Waals surface area contributed by atoms with Gasteiger partial charge in [0, 0.05) is 40.3 Å². The van der Waals surface area contributed by atoms with Crippen LogP contribution in [0.1, 0.15) is 11.1 Å². The molecule has 0 atom stereocenters. The normalized spacial score (nSPS) is 10.8. The van der Waals surface area contributed by atoms with Gasteiger partial charge < -0.3 is 4.57 Å². The first-order valence-corrected chi connectivity index (χ1v) is 7.15. The molecule has 6 heteroatoms. The average Bonchev–Trinajstić information content (AvgIpc) is 2.86. The van der Waals surface area contributed by atoms with Crippen LogP contribution in [0, 0.1) is 10.1 Å². The maximum atomic E-state index is 10.5. The summed E-state index contributed by atoms with van der Waals surface area (Å²) in [6, 6.07) is 15.5. The zero-order valence-corrected chi connectivity index (χ0v) is 13.6. The van der Waals surface area contributed by atoms with Crippen molar-refractivity contribution in [2.45, 2.75) is 6.54 Å². The van der Waals surface area contributed by atoms with Crippen LogP contribution in [0.2, 0.25) is 5.02 Å². The third-order valence-corrected chi connectivity index (χ3v) is 3.71. The van der Waals surface area contributed by atoms with Gasteiger partial charge in [-0.3, -0.25) is 10.1 Å². The van der Waals surface area contributed by atoms with Gasteiger partial charge in [-0.15, -0.1) is 12.4 Å². The van der Waals surface area contributed by atoms with E-state index in [9.17, 15) is 10.1 Å². The summed E-state index contributed by atoms with van der Waals surface area (Å²) in [5.74, 6) is 0. The summed E-state index contributed by atoms with van der Waals surface area (Å²) in [7, 11) is 0. The molecule has 0 amide bonds. The topological polar surface area (TPSA) is 48.1 Å². The standard InChI is InChI=1S/C17H13ClN2O2.ClH/c18-15-7-5-13(6-8-15)11-19-12-14(9-10-20(21)22)16-3-1-2-4-17(16)19;/h1-10,12H,11H2;1H/b10-9+;. The number of nitrogens with zero attached hydrogens (tertiary/aromatic N) is 2. The van der Waals surface area contributed by atoms with Crippen molar-refractivity contribution in [2.24, 2.45) is 0 Å². The first kappa shape index (κ1) is 17.1. The van der Waals surface area contributed by atoms with Gasteiger partial charge in [0.2, 0.25) is 6.20 Å². The lowest BCUT2D eigenvalue weighted by atomic mass is 10.2. The molecule has 0 aliphatic carbocycles. The number of fused-ring (bicyclic) bond motifs is 1. The summed E-state index contributed by atoms with van der Waals surface area (Å²) >= 11 is 5.90. The van der Waals surface area contributed by atoms with Gasteiger partial charge in [0.15, 0.2) is 0 Å². The molecule has 118 valence electrons. The second-order valence-corrected chi connectivity index (χ2v) is 5.39. The highest BCUT2D eigenvalue weighted by Gasteiger charge is 2.07. The maximum Gasteiger partial charge on any atom is 0.235 e. The Bertz CT molecular complexity index is 855. The van der Waals surface area contributed by atoms with Crippen molar-refractivity contribution in [3.05, 3.63) is 87.2 Å². The number of nitro groups is 1. The molecular weight excluding hydrogens is 335 g/mol. The summed E-state index contributed by atoms with van der Waals surface area (Å²) in [6.45, 7) is 0.685. The Hall–Kier alpha value is -2.30. The molecule has 0 saturated heterocycles. The van der Waals surface area contributed by atoms with Gasteiger partial charge in [-0.1, -0.05) is 41.9 Å². The van der Waals surface area contributed by atoms with E-state index in [0.29, 0.717) is 11.6 Å². The number of hydrogen-bond donors (Lipinski definition) is 0. The molecule has 3 rings (SSSR count). The second kappa shape index (κ2) is 7.31. The van der Waals surface area contributed by atoms with Gasteiger partial charge in [0.25, 0.3) is 0 Å². The molecule has 0 N–H and O–H groups in total. The van der Waals surface area contributed by atoms with Crippen LogP contribution >= 0.6 is 24.0 Å². The van der Waals surface area contributed by atoms with E-state index >= 15 is 0 Å². The molecule has 1 aromatic heterocycles. The lowest BCUT2D eigenvalue weighted by Gasteiger charge is -2.05. The predicted octanol–water partition coefficient (Wildman–Crippen LogP) is 5.01. The van der Waals surface area contributed by atoms with Crippen molar-refractivity contribution in [1.82, 2.24) is 4.57 Å². The lowest BCUT2D eigenvalue weighted by Crippen LogP contribution is -1.97. The van der Waals surface area contributed by atoms with Crippen molar-refractivity contribution < 1.29 is 4.92 Å². The van der Waals surface area contributed by atoms with Crippen molar-refractivity contribution in [1.29, 1.82) is 0 Å². The third kappa shape index (κ3) is 3.92. The molecule has 0 radical (unpaired) electrons. The molecule has 0 aliphatic rings. The molecule has 0 aliphatic heterocycles. The minimum atomic E-state index is -0.453. The van der Waals surface area contributed by atoms with Gasteiger partial charge in [-0.25, -0.2) is 0 Å². The summed E-state index contributed by atoms with van der Waals surface area (Å²) in [6.07, 6.45) is 4.42. The number of halogens is 2. The SMILES string of the molecule is Cl.O=[N+]([O-])/C=C/c1cn(Cc2ccc(Cl)cc2)c2ccccc12. The smallest absolute Gasteiger partial charge is 0.235 e. The van der Waals surface area contributed by atoms with Crippen molar-refractivity contribution >= 4 is 41.0 Å². The summed E-state index contributed by atoms with van der Waals surface area (Å²) in [4.78, 5) is 10.1. The van der Waals surface area contributed by atoms with Crippen LogP contribution in [-0.2, 0) is 6.54 Å². The average molecular weight is 349 g/mol. The highest BCUT2D eigenvalue weighted by atomic mass is 35.5. The molecule has 1 heterocycles. The van der Waals surface area contributed by atoms with E-state index in [2.05, 4.69) is 4.57 Å². The highest BCUT2D eigenvalue weighted by molar-refractivity contribution is 6.30. The Labute approximate surface area is 144 Å². The van der Waals surface area contributed by atoms with Gasteiger partial charge >= 0.3 is 0 Å². The van der Waals surface area contributed by atoms with Crippen LogP contribution in [0.25, 0.3) is 17.0 Å². The quantitative estimate of drug-likeness (QED) is 0.491. The van der Waals surface area contributed by atoms with Gasteiger partial charge in [-0.05, 0) is 23.8 Å². The molecule has 0 fully saturated rings. The Morgan fingerprint density at radius 1 is 1.13 bits per heavy atom. The van der Waals surface area contributed by atoms with E-state index in [1.807, 2.05) is 54.7 Å². The molecule has 2 aromatic carbocycles. The van der Waals surface area contributed by atoms with E-state index in [0.717, 1.165) is 28.2 Å². The van der Waals surface area contributed by atoms with Crippen molar-refractivity contribution in [2.75, 3.05) is 0 Å². The number of hydrogen-bond acceptors (Lipinski definition) is 2. The Morgan fingerprint density at radius 2 is 1.83 bits per heavy atom. The molecule has 0 spiro atoms. The number of benzene rings is 2. The largest absolute Gasteiger partial charge is 0.342 e. The van der Waals surface area contributed by atoms with Crippen LogP contribution in [0.5, 0.6) is 0 Å². The van der Waals surface area contributed by atoms with E-state index in [-0.39, 0.29) is 12.4 Å². The van der Waals surface area contributed by atoms with Crippen molar-refractivity contribution in [3.8, 4) is 0 Å². The number of rotatable bonds is 4. The highest BCUT2D eigenvalue weighted by Crippen LogP contribution is 2.24. The molecule has 0 bridgehead atoms. The van der Waals surface area contributed by atoms with Crippen LogP contribution < -0.4 is 0 Å². The summed E-state index contributed by atoms with van der Waals surface area (Å²) in [5.41, 5.74) is 3.00. The Morgan fingerprint density at radius 3 is 2.52 bits per heavy atom. The predicted molar refractivity (Wildman–Crippen MR) is 95.8 cm³/mol. The second-order valence-electron chi connectivity index (χ2n) is 4.96. The monoisotopic (exact) mass is 348 g/mol. The van der Waals surface area contributed by atoms with Crippen LogP contribution in [0.15, 0.2) is 60.9 Å². The van der Waals surface area contributed by atoms with Crippen LogP contribution in [-0.4, -0.2) is 9.49 Å². The van der Waals surface area contributed by atoms with E-state index < -0.39 is 4.92 Å².